The summed E-state index contributed by atoms with van der Waals surface area (Å²) in [6, 6.07) is 4.08. The molecule has 2 aliphatic rings. The summed E-state index contributed by atoms with van der Waals surface area (Å²) >= 11 is 0. The number of phosphoric ester groups is 1. The van der Waals surface area contributed by atoms with Crippen molar-refractivity contribution in [3.05, 3.63) is 23.9 Å². The maximum atomic E-state index is 13.2. The number of ether oxygens (including phenoxy) is 2. The lowest BCUT2D eigenvalue weighted by Gasteiger charge is -2.37. The number of urea groups is 1. The maximum absolute atomic E-state index is 13.2. The molecule has 17 nitrogen and oxygen atoms in total. The highest BCUT2D eigenvalue weighted by Crippen LogP contribution is 2.57. The van der Waals surface area contributed by atoms with Gasteiger partial charge >= 0.3 is 21.7 Å². The Morgan fingerprint density at radius 3 is 2.57 bits per heavy atom. The van der Waals surface area contributed by atoms with Gasteiger partial charge in [-0.2, -0.15) is 4.31 Å². The van der Waals surface area contributed by atoms with Crippen LogP contribution in [0.5, 0.6) is 5.75 Å². The number of benzene rings is 1. The van der Waals surface area contributed by atoms with E-state index in [2.05, 4.69) is 14.0 Å². The Kier molecular flexibility index (Phi) is 7.74. The molecule has 0 spiro atoms. The number of aliphatic hydroxyl groups is 2. The minimum Gasteiger partial charge on any atom is -0.496 e. The molecule has 0 radical (unpaired) electrons. The fourth-order valence-electron chi connectivity index (χ4n) is 4.00. The van der Waals surface area contributed by atoms with Crippen LogP contribution >= 0.6 is 15.6 Å². The van der Waals surface area contributed by atoms with Crippen molar-refractivity contribution in [1.82, 2.24) is 15.0 Å². The molecule has 37 heavy (non-hydrogen) atoms. The van der Waals surface area contributed by atoms with Crippen LogP contribution in [0, 0.1) is 0 Å². The van der Waals surface area contributed by atoms with E-state index < -0.39 is 58.7 Å². The third-order valence-electron chi connectivity index (χ3n) is 5.66. The summed E-state index contributed by atoms with van der Waals surface area (Å²) in [5.41, 5.74) is 0.603. The monoisotopic (exact) mass is 567 g/mol. The first-order chi connectivity index (χ1) is 17.3. The molecule has 1 aromatic heterocycles. The minimum atomic E-state index is -5.38. The molecule has 5 N–H and O–H groups in total. The zero-order chi connectivity index (χ0) is 27.1. The van der Waals surface area contributed by atoms with E-state index in [4.69, 9.17) is 23.8 Å². The van der Waals surface area contributed by atoms with Crippen LogP contribution in [0.3, 0.4) is 0 Å². The van der Waals surface area contributed by atoms with Crippen LogP contribution in [0.1, 0.15) is 12.1 Å². The summed E-state index contributed by atoms with van der Waals surface area (Å²) in [6.45, 7) is -1.41. The second kappa shape index (κ2) is 10.4. The number of fused-ring (bicyclic) bond motifs is 1. The van der Waals surface area contributed by atoms with Crippen molar-refractivity contribution >= 4 is 38.6 Å². The number of nitrogens with zero attached hydrogens (tertiary/aromatic N) is 3. The average molecular weight is 567 g/mol. The van der Waals surface area contributed by atoms with Crippen LogP contribution in [0.4, 0.5) is 4.79 Å². The van der Waals surface area contributed by atoms with Crippen molar-refractivity contribution in [2.45, 2.75) is 37.5 Å². The van der Waals surface area contributed by atoms with Crippen LogP contribution in [-0.2, 0) is 34.0 Å². The molecule has 204 valence electrons. The molecule has 1 aromatic carbocycles. The van der Waals surface area contributed by atoms with E-state index in [0.717, 1.165) is 9.80 Å². The van der Waals surface area contributed by atoms with Gasteiger partial charge in [0.2, 0.25) is 5.91 Å². The SMILES string of the molecule is COc1cccc2onc(CN3C(=O)CCN([C@@H]4O[C@H](COP(=O)(O)OP(=O)(O)O)[C@H](O)[C@@H]4O)C3=O)c12. The molecule has 2 saturated heterocycles. The van der Waals surface area contributed by atoms with Gasteiger partial charge in [-0.05, 0) is 12.1 Å². The Hall–Kier alpha value is -2.43. The first kappa shape index (κ1) is 27.6. The molecule has 0 saturated carbocycles. The molecule has 3 heterocycles. The van der Waals surface area contributed by atoms with Crippen LogP contribution < -0.4 is 4.74 Å². The smallest absolute Gasteiger partial charge is 0.481 e. The summed E-state index contributed by atoms with van der Waals surface area (Å²) in [7, 11) is -9.19. The van der Waals surface area contributed by atoms with Gasteiger partial charge in [-0.15, -0.1) is 0 Å². The van der Waals surface area contributed by atoms with E-state index >= 15 is 0 Å². The Labute approximate surface area is 207 Å². The van der Waals surface area contributed by atoms with Gasteiger partial charge in [-0.25, -0.2) is 13.9 Å². The number of hydrogen-bond acceptors (Lipinski definition) is 12. The highest BCUT2D eigenvalue weighted by Gasteiger charge is 2.50. The van der Waals surface area contributed by atoms with Gasteiger partial charge in [0.15, 0.2) is 11.8 Å². The Bertz CT molecular complexity index is 1280. The zero-order valence-electron chi connectivity index (χ0n) is 19.0. The van der Waals surface area contributed by atoms with Gasteiger partial charge in [-0.3, -0.25) is 19.1 Å². The maximum Gasteiger partial charge on any atom is 0.481 e. The van der Waals surface area contributed by atoms with Crippen molar-refractivity contribution in [2.75, 3.05) is 20.3 Å². The number of carbonyl (C=O) groups is 2. The van der Waals surface area contributed by atoms with Gasteiger partial charge < -0.3 is 38.9 Å². The number of imide groups is 1. The van der Waals surface area contributed by atoms with E-state index in [0.29, 0.717) is 16.7 Å². The van der Waals surface area contributed by atoms with Crippen molar-refractivity contribution in [3.63, 3.8) is 0 Å². The van der Waals surface area contributed by atoms with Crippen molar-refractivity contribution in [1.29, 1.82) is 0 Å². The lowest BCUT2D eigenvalue weighted by atomic mass is 10.1. The highest BCUT2D eigenvalue weighted by atomic mass is 31.3. The first-order valence-electron chi connectivity index (χ1n) is 10.6. The molecular weight excluding hydrogens is 544 g/mol. The molecule has 0 aliphatic carbocycles. The Balaban J connectivity index is 1.48. The van der Waals surface area contributed by atoms with Crippen LogP contribution in [0.25, 0.3) is 11.0 Å². The predicted octanol–water partition coefficient (Wildman–Crippen LogP) is -0.336. The largest absolute Gasteiger partial charge is 0.496 e. The number of phosphoric acid groups is 2. The Morgan fingerprint density at radius 2 is 1.89 bits per heavy atom. The van der Waals surface area contributed by atoms with Crippen LogP contribution in [0.15, 0.2) is 22.7 Å². The van der Waals surface area contributed by atoms with Gasteiger partial charge in [0.05, 0.1) is 25.6 Å². The van der Waals surface area contributed by atoms with E-state index in [1.807, 2.05) is 0 Å². The predicted molar refractivity (Wildman–Crippen MR) is 117 cm³/mol. The van der Waals surface area contributed by atoms with Gasteiger partial charge in [0.1, 0.15) is 29.8 Å². The summed E-state index contributed by atoms with van der Waals surface area (Å²) < 4.78 is 46.6. The van der Waals surface area contributed by atoms with E-state index in [-0.39, 0.29) is 25.2 Å². The molecular formula is C18H23N3O14P2. The molecule has 2 fully saturated rings. The Morgan fingerprint density at radius 1 is 1.16 bits per heavy atom. The van der Waals surface area contributed by atoms with Crippen molar-refractivity contribution in [2.24, 2.45) is 0 Å². The number of aromatic nitrogens is 1. The molecule has 4 rings (SSSR count). The second-order valence-electron chi connectivity index (χ2n) is 8.05. The van der Waals surface area contributed by atoms with Crippen LogP contribution in [-0.4, -0.2) is 96.6 Å². The second-order valence-corrected chi connectivity index (χ2v) is 10.9. The standard InChI is InChI=1S/C18H23N3O14P2/c1-31-10-3-2-4-11-14(10)9(19-34-11)7-21-13(22)5-6-20(18(21)25)17-16(24)15(23)12(33-17)8-32-37(29,30)35-36(26,27)28/h2-4,12,15-17,23-24H,5-8H2,1H3,(H,29,30)(H2,26,27,28)/t12-,15+,16+,17-/m1/s1. The number of amides is 3. The van der Waals surface area contributed by atoms with Crippen LogP contribution in [0.2, 0.25) is 0 Å². The first-order valence-corrected chi connectivity index (χ1v) is 13.6. The van der Waals surface area contributed by atoms with Gasteiger partial charge in [-0.1, -0.05) is 11.2 Å². The fourth-order valence-corrected chi connectivity index (χ4v) is 5.60. The summed E-state index contributed by atoms with van der Waals surface area (Å²) in [5, 5.41) is 25.2. The molecule has 3 amide bonds. The minimum absolute atomic E-state index is 0.162. The third-order valence-corrected chi connectivity index (χ3v) is 7.81. The van der Waals surface area contributed by atoms with E-state index in [9.17, 15) is 33.8 Å². The number of hydrogen-bond donors (Lipinski definition) is 5. The van der Waals surface area contributed by atoms with Crippen molar-refractivity contribution in [3.8, 4) is 5.75 Å². The molecule has 2 aromatic rings. The summed E-state index contributed by atoms with van der Waals surface area (Å²) in [5.74, 6) is -0.136. The number of methoxy groups -OCH3 is 1. The number of carbonyl (C=O) groups excluding carboxylic acids is 2. The lowest BCUT2D eigenvalue weighted by Crippen LogP contribution is -2.58. The third kappa shape index (κ3) is 5.86. The fraction of sp³-hybridized carbons (Fsp3) is 0.500. The zero-order valence-corrected chi connectivity index (χ0v) is 20.8. The molecule has 2 aliphatic heterocycles. The molecule has 0 bridgehead atoms. The van der Waals surface area contributed by atoms with E-state index in [1.54, 1.807) is 18.2 Å². The topological polar surface area (TPSA) is 239 Å². The van der Waals surface area contributed by atoms with Crippen molar-refractivity contribution < 1.29 is 66.4 Å². The average Bonchev–Trinajstić information content (AvgIpc) is 3.35. The molecule has 1 unspecified atom stereocenters. The molecule has 5 atom stereocenters. The van der Waals surface area contributed by atoms with Gasteiger partial charge in [0, 0.05) is 13.0 Å². The quantitative estimate of drug-likeness (QED) is 0.244. The number of rotatable bonds is 9. The number of aliphatic hydroxyl groups excluding tert-OH is 2. The summed E-state index contributed by atoms with van der Waals surface area (Å²) in [6.07, 6.45) is -6.60. The highest BCUT2D eigenvalue weighted by molar-refractivity contribution is 7.60. The summed E-state index contributed by atoms with van der Waals surface area (Å²) in [4.78, 5) is 54.4. The molecule has 19 heteroatoms. The normalized spacial score (nSPS) is 26.6. The van der Waals surface area contributed by atoms with Gasteiger partial charge in [0.25, 0.3) is 0 Å². The van der Waals surface area contributed by atoms with E-state index in [1.165, 1.54) is 7.11 Å². The lowest BCUT2D eigenvalue weighted by molar-refractivity contribution is -0.137.